The van der Waals surface area contributed by atoms with E-state index >= 15 is 0 Å². The number of benzene rings is 1. The van der Waals surface area contributed by atoms with Crippen LogP contribution in [0, 0.1) is 0 Å². The lowest BCUT2D eigenvalue weighted by molar-refractivity contribution is -0.310. The van der Waals surface area contributed by atoms with Crippen LogP contribution in [-0.2, 0) is 15.0 Å². The van der Waals surface area contributed by atoms with Crippen LogP contribution < -0.4 is 15.7 Å². The molecular formula is C18H25N2O5-. The SMILES string of the molecule is C[C@H](NC(=O)c1ccc(C(C)(C)C)cc1)C(=O)N[C@H](C(=O)[O-])[C@H](C)O. The second kappa shape index (κ2) is 8.11. The molecule has 3 N–H and O–H groups in total. The van der Waals surface area contributed by atoms with Crippen LogP contribution >= 0.6 is 0 Å². The van der Waals surface area contributed by atoms with Gasteiger partial charge >= 0.3 is 0 Å². The van der Waals surface area contributed by atoms with Crippen molar-refractivity contribution in [3.05, 3.63) is 35.4 Å². The van der Waals surface area contributed by atoms with Gasteiger partial charge in [-0.05, 0) is 37.0 Å². The summed E-state index contributed by atoms with van der Waals surface area (Å²) >= 11 is 0. The van der Waals surface area contributed by atoms with E-state index in [0.717, 1.165) is 5.56 Å². The van der Waals surface area contributed by atoms with Crippen LogP contribution in [-0.4, -0.2) is 41.1 Å². The third-order valence-corrected chi connectivity index (χ3v) is 3.79. The largest absolute Gasteiger partial charge is 0.548 e. The molecule has 7 heteroatoms. The van der Waals surface area contributed by atoms with E-state index in [0.29, 0.717) is 5.56 Å². The van der Waals surface area contributed by atoms with Gasteiger partial charge in [0.1, 0.15) is 6.04 Å². The number of aliphatic hydroxyl groups is 1. The van der Waals surface area contributed by atoms with E-state index in [1.165, 1.54) is 13.8 Å². The van der Waals surface area contributed by atoms with Gasteiger partial charge in [0.25, 0.3) is 5.91 Å². The Morgan fingerprint density at radius 2 is 1.56 bits per heavy atom. The molecule has 7 nitrogen and oxygen atoms in total. The quantitative estimate of drug-likeness (QED) is 0.653. The summed E-state index contributed by atoms with van der Waals surface area (Å²) in [4.78, 5) is 35.1. The number of nitrogens with one attached hydrogen (secondary N) is 2. The smallest absolute Gasteiger partial charge is 0.251 e. The minimum atomic E-state index is -1.60. The highest BCUT2D eigenvalue weighted by Gasteiger charge is 2.23. The van der Waals surface area contributed by atoms with Crippen LogP contribution in [0.1, 0.15) is 50.5 Å². The monoisotopic (exact) mass is 349 g/mol. The van der Waals surface area contributed by atoms with Gasteiger partial charge in [-0.25, -0.2) is 0 Å². The van der Waals surface area contributed by atoms with Crippen molar-refractivity contribution < 1.29 is 24.6 Å². The molecule has 1 aromatic rings. The van der Waals surface area contributed by atoms with E-state index in [4.69, 9.17) is 0 Å². The number of aliphatic carboxylic acids is 1. The van der Waals surface area contributed by atoms with Crippen LogP contribution in [0.5, 0.6) is 0 Å². The highest BCUT2D eigenvalue weighted by Crippen LogP contribution is 2.22. The Bertz CT molecular complexity index is 632. The summed E-state index contributed by atoms with van der Waals surface area (Å²) in [7, 11) is 0. The van der Waals surface area contributed by atoms with Crippen molar-refractivity contribution >= 4 is 17.8 Å². The second-order valence-corrected chi connectivity index (χ2v) is 7.07. The van der Waals surface area contributed by atoms with Crippen molar-refractivity contribution in [2.24, 2.45) is 0 Å². The average Bonchev–Trinajstić information content (AvgIpc) is 2.50. The number of carboxylic acid groups (broad SMARTS) is 1. The summed E-state index contributed by atoms with van der Waals surface area (Å²) in [6, 6.07) is 4.51. The topological polar surface area (TPSA) is 119 Å². The Morgan fingerprint density at radius 1 is 1.04 bits per heavy atom. The number of rotatable bonds is 6. The molecular weight excluding hydrogens is 324 g/mol. The fourth-order valence-corrected chi connectivity index (χ4v) is 2.12. The van der Waals surface area contributed by atoms with Crippen molar-refractivity contribution in [1.29, 1.82) is 0 Å². The van der Waals surface area contributed by atoms with Gasteiger partial charge in [0.05, 0.1) is 18.1 Å². The lowest BCUT2D eigenvalue weighted by Gasteiger charge is -2.24. The lowest BCUT2D eigenvalue weighted by atomic mass is 9.86. The minimum Gasteiger partial charge on any atom is -0.548 e. The second-order valence-electron chi connectivity index (χ2n) is 7.07. The average molecular weight is 349 g/mol. The van der Waals surface area contributed by atoms with Gasteiger partial charge in [-0.15, -0.1) is 0 Å². The van der Waals surface area contributed by atoms with Crippen molar-refractivity contribution in [1.82, 2.24) is 10.6 Å². The molecule has 0 bridgehead atoms. The molecule has 0 aromatic heterocycles. The van der Waals surface area contributed by atoms with Gasteiger partial charge in [-0.3, -0.25) is 9.59 Å². The molecule has 3 atom stereocenters. The van der Waals surface area contributed by atoms with Gasteiger partial charge in [-0.2, -0.15) is 0 Å². The normalized spacial score (nSPS) is 15.0. The van der Waals surface area contributed by atoms with Crippen LogP contribution in [0.3, 0.4) is 0 Å². The molecule has 25 heavy (non-hydrogen) atoms. The van der Waals surface area contributed by atoms with Crippen LogP contribution in [0.25, 0.3) is 0 Å². The minimum absolute atomic E-state index is 0.0386. The molecule has 2 amide bonds. The molecule has 0 aliphatic carbocycles. The third-order valence-electron chi connectivity index (χ3n) is 3.79. The van der Waals surface area contributed by atoms with Crippen LogP contribution in [0.2, 0.25) is 0 Å². The van der Waals surface area contributed by atoms with Gasteiger partial charge in [0, 0.05) is 5.56 Å². The molecule has 0 aliphatic heterocycles. The molecule has 1 aromatic carbocycles. The lowest BCUT2D eigenvalue weighted by Crippen LogP contribution is -2.57. The zero-order chi connectivity index (χ0) is 19.4. The van der Waals surface area contributed by atoms with E-state index in [2.05, 4.69) is 31.4 Å². The molecule has 1 rings (SSSR count). The van der Waals surface area contributed by atoms with Crippen molar-refractivity contribution in [2.75, 3.05) is 0 Å². The number of carboxylic acids is 1. The Morgan fingerprint density at radius 3 is 1.96 bits per heavy atom. The van der Waals surface area contributed by atoms with Gasteiger partial charge < -0.3 is 25.6 Å². The van der Waals surface area contributed by atoms with E-state index < -0.39 is 36.0 Å². The standard InChI is InChI=1S/C18H26N2O5/c1-10(15(22)20-14(11(2)21)17(24)25)19-16(23)12-6-8-13(9-7-12)18(3,4)5/h6-11,14,21H,1-5H3,(H,19,23)(H,20,22)(H,24,25)/p-1/t10-,11-,14-/m0/s1. The maximum Gasteiger partial charge on any atom is 0.251 e. The van der Waals surface area contributed by atoms with E-state index in [1.807, 2.05) is 12.1 Å². The fourth-order valence-electron chi connectivity index (χ4n) is 2.12. The summed E-state index contributed by atoms with van der Waals surface area (Å²) in [5, 5.41) is 24.9. The number of carbonyl (C=O) groups excluding carboxylic acids is 3. The number of hydrogen-bond donors (Lipinski definition) is 3. The number of amides is 2. The van der Waals surface area contributed by atoms with E-state index in [9.17, 15) is 24.6 Å². The first kappa shape index (κ1) is 20.6. The summed E-state index contributed by atoms with van der Waals surface area (Å²) < 4.78 is 0. The van der Waals surface area contributed by atoms with Gasteiger partial charge in [0.2, 0.25) is 5.91 Å². The summed E-state index contributed by atoms with van der Waals surface area (Å²) in [5.74, 6) is -2.78. The number of hydrogen-bond acceptors (Lipinski definition) is 5. The van der Waals surface area contributed by atoms with Crippen molar-refractivity contribution in [3.63, 3.8) is 0 Å². The molecule has 0 heterocycles. The molecule has 0 fully saturated rings. The zero-order valence-corrected chi connectivity index (χ0v) is 15.1. The maximum atomic E-state index is 12.2. The fraction of sp³-hybridized carbons (Fsp3) is 0.500. The predicted molar refractivity (Wildman–Crippen MR) is 90.7 cm³/mol. The van der Waals surface area contributed by atoms with E-state index in [1.54, 1.807) is 12.1 Å². The Hall–Kier alpha value is -2.41. The number of aliphatic hydroxyl groups excluding tert-OH is 1. The Labute approximate surface area is 147 Å². The van der Waals surface area contributed by atoms with Gasteiger partial charge in [0.15, 0.2) is 0 Å². The first-order valence-electron chi connectivity index (χ1n) is 8.04. The van der Waals surface area contributed by atoms with E-state index in [-0.39, 0.29) is 5.41 Å². The van der Waals surface area contributed by atoms with Crippen molar-refractivity contribution in [2.45, 2.75) is 58.2 Å². The number of carbonyl (C=O) groups is 3. The molecule has 0 unspecified atom stereocenters. The van der Waals surface area contributed by atoms with Crippen LogP contribution in [0.15, 0.2) is 24.3 Å². The van der Waals surface area contributed by atoms with Gasteiger partial charge in [-0.1, -0.05) is 32.9 Å². The van der Waals surface area contributed by atoms with Crippen molar-refractivity contribution in [3.8, 4) is 0 Å². The highest BCUT2D eigenvalue weighted by atomic mass is 16.4. The maximum absolute atomic E-state index is 12.2. The predicted octanol–water partition coefficient (Wildman–Crippen LogP) is -0.282. The third kappa shape index (κ3) is 5.86. The zero-order valence-electron chi connectivity index (χ0n) is 15.1. The Balaban J connectivity index is 2.72. The van der Waals surface area contributed by atoms with Crippen LogP contribution in [0.4, 0.5) is 0 Å². The molecule has 0 saturated heterocycles. The molecule has 0 saturated carbocycles. The molecule has 138 valence electrons. The Kier molecular flexibility index (Phi) is 6.70. The first-order chi connectivity index (χ1) is 11.4. The highest BCUT2D eigenvalue weighted by molar-refractivity contribution is 5.98. The molecule has 0 spiro atoms. The summed E-state index contributed by atoms with van der Waals surface area (Å²) in [6.45, 7) is 8.82. The first-order valence-corrected chi connectivity index (χ1v) is 8.04. The molecule has 0 aliphatic rings. The molecule has 0 radical (unpaired) electrons. The summed E-state index contributed by atoms with van der Waals surface area (Å²) in [6.07, 6.45) is -1.32. The summed E-state index contributed by atoms with van der Waals surface area (Å²) in [5.41, 5.74) is 1.42.